The highest BCUT2D eigenvalue weighted by Gasteiger charge is 2.18. The molecule has 0 aliphatic carbocycles. The number of nitrogens with zero attached hydrogens (tertiary/aromatic N) is 1. The lowest BCUT2D eigenvalue weighted by molar-refractivity contribution is 0.207. The van der Waals surface area contributed by atoms with E-state index in [1.807, 2.05) is 0 Å². The third-order valence-electron chi connectivity index (χ3n) is 3.05. The number of hydrogen-bond donors (Lipinski definition) is 1. The average molecular weight is 248 g/mol. The number of likely N-dealkylation sites (tertiary alicyclic amines) is 1. The van der Waals surface area contributed by atoms with Crippen LogP contribution in [0.5, 0.6) is 0 Å². The Hall–Kier alpha value is -0.130. The van der Waals surface area contributed by atoms with Gasteiger partial charge in [0.2, 0.25) is 0 Å². The Morgan fingerprint density at radius 3 is 2.44 bits per heavy atom. The van der Waals surface area contributed by atoms with Crippen LogP contribution in [0, 0.1) is 0 Å². The van der Waals surface area contributed by atoms with Crippen LogP contribution >= 0.6 is 0 Å². The Morgan fingerprint density at radius 2 is 1.94 bits per heavy atom. The minimum absolute atomic E-state index is 0.292. The Bertz CT molecular complexity index is 282. The predicted octanol–water partition coefficient (Wildman–Crippen LogP) is 0.495. The number of sulfone groups is 1. The molecule has 1 rings (SSSR count). The van der Waals surface area contributed by atoms with Gasteiger partial charge in [0.05, 0.1) is 5.75 Å². The van der Waals surface area contributed by atoms with Gasteiger partial charge in [-0.3, -0.25) is 0 Å². The first-order valence-corrected chi connectivity index (χ1v) is 8.21. The van der Waals surface area contributed by atoms with Crippen LogP contribution in [-0.4, -0.2) is 57.5 Å². The summed E-state index contributed by atoms with van der Waals surface area (Å²) in [6.07, 6.45) is 4.77. The molecular weight excluding hydrogens is 224 g/mol. The highest BCUT2D eigenvalue weighted by Crippen LogP contribution is 2.10. The molecule has 0 aromatic rings. The number of hydrogen-bond acceptors (Lipinski definition) is 4. The van der Waals surface area contributed by atoms with Gasteiger partial charge in [0.1, 0.15) is 9.84 Å². The molecule has 0 bridgehead atoms. The zero-order valence-electron chi connectivity index (χ0n) is 10.4. The highest BCUT2D eigenvalue weighted by molar-refractivity contribution is 7.90. The van der Waals surface area contributed by atoms with Gasteiger partial charge in [-0.2, -0.15) is 0 Å². The minimum Gasteiger partial charge on any atom is -0.314 e. The Kier molecular flexibility index (Phi) is 5.72. The van der Waals surface area contributed by atoms with Gasteiger partial charge < -0.3 is 10.2 Å². The molecule has 0 radical (unpaired) electrons. The SMILES string of the molecule is CCCNC1CCN(CCS(C)(=O)=O)CC1. The minimum atomic E-state index is -2.81. The summed E-state index contributed by atoms with van der Waals surface area (Å²) in [7, 11) is -2.81. The molecule has 1 saturated heterocycles. The van der Waals surface area contributed by atoms with Gasteiger partial charge in [-0.25, -0.2) is 8.42 Å². The van der Waals surface area contributed by atoms with Crippen molar-refractivity contribution in [3.63, 3.8) is 0 Å². The molecule has 1 heterocycles. The van der Waals surface area contributed by atoms with E-state index in [0.29, 0.717) is 18.3 Å². The van der Waals surface area contributed by atoms with E-state index in [0.717, 1.165) is 32.5 Å². The molecule has 0 atom stereocenters. The van der Waals surface area contributed by atoms with Gasteiger partial charge in [-0.1, -0.05) is 6.92 Å². The third-order valence-corrected chi connectivity index (χ3v) is 3.97. The van der Waals surface area contributed by atoms with E-state index < -0.39 is 9.84 Å². The van der Waals surface area contributed by atoms with E-state index in [4.69, 9.17) is 0 Å². The fourth-order valence-electron chi connectivity index (χ4n) is 2.00. The van der Waals surface area contributed by atoms with Crippen molar-refractivity contribution in [1.82, 2.24) is 10.2 Å². The van der Waals surface area contributed by atoms with Crippen molar-refractivity contribution in [2.24, 2.45) is 0 Å². The molecule has 16 heavy (non-hydrogen) atoms. The third kappa shape index (κ3) is 5.82. The van der Waals surface area contributed by atoms with Crippen molar-refractivity contribution in [2.75, 3.05) is 38.2 Å². The number of piperidine rings is 1. The normalized spacial score (nSPS) is 20.1. The van der Waals surface area contributed by atoms with Gasteiger partial charge in [-0.05, 0) is 38.9 Å². The molecule has 0 aromatic carbocycles. The van der Waals surface area contributed by atoms with Gasteiger partial charge in [-0.15, -0.1) is 0 Å². The van der Waals surface area contributed by atoms with Crippen molar-refractivity contribution < 1.29 is 8.42 Å². The van der Waals surface area contributed by atoms with Crippen molar-refractivity contribution in [1.29, 1.82) is 0 Å². The van der Waals surface area contributed by atoms with Crippen LogP contribution in [0.15, 0.2) is 0 Å². The molecular formula is C11H24N2O2S. The summed E-state index contributed by atoms with van der Waals surface area (Å²) in [6, 6.07) is 0.634. The lowest BCUT2D eigenvalue weighted by Gasteiger charge is -2.32. The van der Waals surface area contributed by atoms with Gasteiger partial charge in [0, 0.05) is 18.8 Å². The first-order chi connectivity index (χ1) is 7.51. The second-order valence-corrected chi connectivity index (χ2v) is 6.96. The van der Waals surface area contributed by atoms with Crippen molar-refractivity contribution in [3.8, 4) is 0 Å². The molecule has 1 N–H and O–H groups in total. The Balaban J connectivity index is 2.17. The molecule has 0 aromatic heterocycles. The zero-order valence-corrected chi connectivity index (χ0v) is 11.2. The highest BCUT2D eigenvalue weighted by atomic mass is 32.2. The fourth-order valence-corrected chi connectivity index (χ4v) is 2.59. The maximum Gasteiger partial charge on any atom is 0.148 e. The second kappa shape index (κ2) is 6.57. The van der Waals surface area contributed by atoms with Crippen LogP contribution < -0.4 is 5.32 Å². The summed E-state index contributed by atoms with van der Waals surface area (Å²) in [5, 5.41) is 3.52. The maximum absolute atomic E-state index is 11.0. The molecule has 4 nitrogen and oxygen atoms in total. The molecule has 1 aliphatic heterocycles. The van der Waals surface area contributed by atoms with E-state index in [9.17, 15) is 8.42 Å². The zero-order chi connectivity index (χ0) is 12.0. The van der Waals surface area contributed by atoms with E-state index in [-0.39, 0.29) is 0 Å². The molecule has 5 heteroatoms. The van der Waals surface area contributed by atoms with Crippen molar-refractivity contribution in [3.05, 3.63) is 0 Å². The van der Waals surface area contributed by atoms with Crippen LogP contribution in [0.25, 0.3) is 0 Å². The molecule has 0 unspecified atom stereocenters. The smallest absolute Gasteiger partial charge is 0.148 e. The van der Waals surface area contributed by atoms with Crippen molar-refractivity contribution >= 4 is 9.84 Å². The summed E-state index contributed by atoms with van der Waals surface area (Å²) in [5.41, 5.74) is 0. The summed E-state index contributed by atoms with van der Waals surface area (Å²) < 4.78 is 22.1. The lowest BCUT2D eigenvalue weighted by Crippen LogP contribution is -2.43. The van der Waals surface area contributed by atoms with Gasteiger partial charge in [0.25, 0.3) is 0 Å². The standard InChI is InChI=1S/C11H24N2O2S/c1-3-6-12-11-4-7-13(8-5-11)9-10-16(2,14)15/h11-12H,3-10H2,1-2H3. The Morgan fingerprint density at radius 1 is 1.31 bits per heavy atom. The molecule has 1 aliphatic rings. The molecule has 0 spiro atoms. The summed E-state index contributed by atoms with van der Waals surface area (Å²) in [6.45, 7) is 6.01. The van der Waals surface area contributed by atoms with E-state index >= 15 is 0 Å². The van der Waals surface area contributed by atoms with Crippen LogP contribution in [0.1, 0.15) is 26.2 Å². The summed E-state index contributed by atoms with van der Waals surface area (Å²) >= 11 is 0. The van der Waals surface area contributed by atoms with E-state index in [2.05, 4.69) is 17.1 Å². The van der Waals surface area contributed by atoms with Crippen molar-refractivity contribution in [2.45, 2.75) is 32.2 Å². The first-order valence-electron chi connectivity index (χ1n) is 6.14. The van der Waals surface area contributed by atoms with Gasteiger partial charge >= 0.3 is 0 Å². The summed E-state index contributed by atoms with van der Waals surface area (Å²) in [5.74, 6) is 0.292. The average Bonchev–Trinajstić information content (AvgIpc) is 2.24. The topological polar surface area (TPSA) is 49.4 Å². The molecule has 0 saturated carbocycles. The predicted molar refractivity (Wildman–Crippen MR) is 67.5 cm³/mol. The largest absolute Gasteiger partial charge is 0.314 e. The van der Waals surface area contributed by atoms with E-state index in [1.165, 1.54) is 12.7 Å². The molecule has 0 amide bonds. The van der Waals surface area contributed by atoms with Crippen LogP contribution in [0.2, 0.25) is 0 Å². The van der Waals surface area contributed by atoms with E-state index in [1.54, 1.807) is 0 Å². The number of nitrogens with one attached hydrogen (secondary N) is 1. The van der Waals surface area contributed by atoms with Crippen LogP contribution in [0.3, 0.4) is 0 Å². The molecule has 96 valence electrons. The second-order valence-electron chi connectivity index (χ2n) is 4.70. The fraction of sp³-hybridized carbons (Fsp3) is 1.00. The van der Waals surface area contributed by atoms with Crippen LogP contribution in [-0.2, 0) is 9.84 Å². The van der Waals surface area contributed by atoms with Crippen LogP contribution in [0.4, 0.5) is 0 Å². The number of rotatable bonds is 6. The Labute approximate surface area is 99.3 Å². The summed E-state index contributed by atoms with van der Waals surface area (Å²) in [4.78, 5) is 2.26. The quantitative estimate of drug-likeness (QED) is 0.743. The molecule has 1 fully saturated rings. The maximum atomic E-state index is 11.0. The van der Waals surface area contributed by atoms with Gasteiger partial charge in [0.15, 0.2) is 0 Å². The lowest BCUT2D eigenvalue weighted by atomic mass is 10.1. The first kappa shape index (κ1) is 13.9. The monoisotopic (exact) mass is 248 g/mol.